The Kier molecular flexibility index (Phi) is 3.98. The molecule has 3 fully saturated rings. The Balaban J connectivity index is 1.64. The zero-order valence-electron chi connectivity index (χ0n) is 15.9. The first-order chi connectivity index (χ1) is 13.4. The van der Waals surface area contributed by atoms with Crippen LogP contribution in [0.5, 0.6) is 0 Å². The molecule has 1 aromatic carbocycles. The highest BCUT2D eigenvalue weighted by Gasteiger charge is 2.35. The maximum atomic E-state index is 15.1. The van der Waals surface area contributed by atoms with Gasteiger partial charge in [-0.1, -0.05) is 0 Å². The van der Waals surface area contributed by atoms with E-state index in [2.05, 4.69) is 16.8 Å². The van der Waals surface area contributed by atoms with E-state index >= 15 is 4.39 Å². The van der Waals surface area contributed by atoms with Gasteiger partial charge >= 0.3 is 5.97 Å². The largest absolute Gasteiger partial charge is 0.477 e. The smallest absolute Gasteiger partial charge is 0.341 e. The summed E-state index contributed by atoms with van der Waals surface area (Å²) in [5.41, 5.74) is 0.252. The Morgan fingerprint density at radius 2 is 1.82 bits per heavy atom. The number of benzene rings is 1. The highest BCUT2D eigenvalue weighted by Crippen LogP contribution is 2.39. The van der Waals surface area contributed by atoms with Gasteiger partial charge in [0.15, 0.2) is 0 Å². The average Bonchev–Trinajstić information content (AvgIpc) is 3.43. The topological polar surface area (TPSA) is 65.8 Å². The van der Waals surface area contributed by atoms with Crippen molar-refractivity contribution in [3.63, 3.8) is 0 Å². The third-order valence-corrected chi connectivity index (χ3v) is 6.76. The third-order valence-electron chi connectivity index (χ3n) is 6.76. The lowest BCUT2D eigenvalue weighted by Crippen LogP contribution is -2.37. The van der Waals surface area contributed by atoms with Crippen LogP contribution in [0.2, 0.25) is 0 Å². The van der Waals surface area contributed by atoms with Crippen LogP contribution in [0.15, 0.2) is 23.1 Å². The molecule has 6 nitrogen and oxygen atoms in total. The summed E-state index contributed by atoms with van der Waals surface area (Å²) in [5, 5.41) is 9.53. The quantitative estimate of drug-likeness (QED) is 0.880. The van der Waals surface area contributed by atoms with E-state index in [1.165, 1.54) is 18.7 Å². The molecule has 28 heavy (non-hydrogen) atoms. The Morgan fingerprint density at radius 3 is 2.54 bits per heavy atom. The summed E-state index contributed by atoms with van der Waals surface area (Å²) < 4.78 is 16.9. The molecule has 0 spiro atoms. The number of carbonyl (C=O) groups is 1. The van der Waals surface area contributed by atoms with Crippen molar-refractivity contribution >= 4 is 22.6 Å². The number of aromatic nitrogens is 1. The zero-order valence-corrected chi connectivity index (χ0v) is 15.9. The molecule has 0 amide bonds. The zero-order chi connectivity index (χ0) is 19.6. The van der Waals surface area contributed by atoms with Crippen molar-refractivity contribution in [3.8, 4) is 0 Å². The number of rotatable bonds is 3. The number of fused-ring (bicyclic) bond motifs is 3. The van der Waals surface area contributed by atoms with Crippen molar-refractivity contribution in [3.05, 3.63) is 39.9 Å². The fourth-order valence-corrected chi connectivity index (χ4v) is 4.94. The molecule has 2 unspecified atom stereocenters. The van der Waals surface area contributed by atoms with Crippen molar-refractivity contribution < 1.29 is 14.3 Å². The monoisotopic (exact) mass is 385 g/mol. The second kappa shape index (κ2) is 6.30. The van der Waals surface area contributed by atoms with E-state index in [1.54, 1.807) is 6.07 Å². The first-order valence-corrected chi connectivity index (χ1v) is 10.0. The van der Waals surface area contributed by atoms with Gasteiger partial charge in [-0.25, -0.2) is 9.18 Å². The maximum absolute atomic E-state index is 15.1. The molecule has 5 rings (SSSR count). The molecule has 7 heteroatoms. The Bertz CT molecular complexity index is 1030. The number of pyridine rings is 1. The molecular weight excluding hydrogens is 361 g/mol. The maximum Gasteiger partial charge on any atom is 0.341 e. The van der Waals surface area contributed by atoms with Gasteiger partial charge in [-0.05, 0) is 51.3 Å². The van der Waals surface area contributed by atoms with E-state index in [4.69, 9.17) is 0 Å². The second-order valence-corrected chi connectivity index (χ2v) is 8.42. The fraction of sp³-hybridized carbons (Fsp3) is 0.524. The van der Waals surface area contributed by atoms with E-state index in [9.17, 15) is 14.7 Å². The van der Waals surface area contributed by atoms with Crippen molar-refractivity contribution in [1.82, 2.24) is 9.47 Å². The molecule has 0 radical (unpaired) electrons. The molecular formula is C21H24FN3O3. The highest BCUT2D eigenvalue weighted by atomic mass is 19.1. The van der Waals surface area contributed by atoms with Gasteiger partial charge in [0.25, 0.3) is 0 Å². The molecule has 1 N–H and O–H groups in total. The molecule has 2 aliphatic heterocycles. The number of nitrogens with zero attached hydrogens (tertiary/aromatic N) is 3. The predicted octanol–water partition coefficient (Wildman–Crippen LogP) is 2.85. The van der Waals surface area contributed by atoms with Crippen LogP contribution in [0.3, 0.4) is 0 Å². The van der Waals surface area contributed by atoms with E-state index < -0.39 is 17.2 Å². The van der Waals surface area contributed by atoms with Gasteiger partial charge in [0, 0.05) is 42.8 Å². The normalized spacial score (nSPS) is 25.3. The summed E-state index contributed by atoms with van der Waals surface area (Å²) in [4.78, 5) is 28.6. The van der Waals surface area contributed by atoms with Crippen LogP contribution < -0.4 is 10.3 Å². The first kappa shape index (κ1) is 17.7. The van der Waals surface area contributed by atoms with E-state index in [1.807, 2.05) is 4.57 Å². The number of carboxylic acid groups (broad SMARTS) is 1. The van der Waals surface area contributed by atoms with Gasteiger partial charge < -0.3 is 14.6 Å². The average molecular weight is 385 g/mol. The molecule has 148 valence electrons. The van der Waals surface area contributed by atoms with Crippen LogP contribution in [-0.4, -0.2) is 52.8 Å². The van der Waals surface area contributed by atoms with Gasteiger partial charge in [0.2, 0.25) is 5.43 Å². The standard InChI is InChI=1S/C21H24FN3O3/c1-23-12-2-5-14(23)10-24(7-6-12)19-9-18-15(8-17(19)22)20(26)16(21(27)28)11-25(18)13-3-4-13/h8-9,11-14H,2-7,10H2,1H3,(H,27,28). The molecule has 3 aliphatic rings. The third kappa shape index (κ3) is 2.71. The minimum atomic E-state index is -1.27. The predicted molar refractivity (Wildman–Crippen MR) is 105 cm³/mol. The van der Waals surface area contributed by atoms with Crippen LogP contribution >= 0.6 is 0 Å². The van der Waals surface area contributed by atoms with Crippen molar-refractivity contribution in [2.45, 2.75) is 50.2 Å². The van der Waals surface area contributed by atoms with Crippen molar-refractivity contribution in [1.29, 1.82) is 0 Å². The SMILES string of the molecule is CN1C2CCC1CN(c1cc3c(cc1F)c(=O)c(C(=O)O)cn3C1CC1)CC2. The Labute approximate surface area is 162 Å². The van der Waals surface area contributed by atoms with Crippen molar-refractivity contribution in [2.24, 2.45) is 0 Å². The summed E-state index contributed by atoms with van der Waals surface area (Å²) in [6.45, 7) is 1.56. The summed E-state index contributed by atoms with van der Waals surface area (Å²) in [6, 6.07) is 4.16. The highest BCUT2D eigenvalue weighted by molar-refractivity contribution is 5.93. The number of anilines is 1. The lowest BCUT2D eigenvalue weighted by molar-refractivity contribution is 0.0695. The molecule has 1 aliphatic carbocycles. The lowest BCUT2D eigenvalue weighted by atomic mass is 10.1. The Morgan fingerprint density at radius 1 is 1.11 bits per heavy atom. The molecule has 1 aromatic heterocycles. The lowest BCUT2D eigenvalue weighted by Gasteiger charge is -2.28. The summed E-state index contributed by atoms with van der Waals surface area (Å²) in [7, 11) is 2.15. The van der Waals surface area contributed by atoms with Crippen LogP contribution in [0, 0.1) is 5.82 Å². The van der Waals surface area contributed by atoms with Gasteiger partial charge in [0.05, 0.1) is 11.2 Å². The van der Waals surface area contributed by atoms with E-state index in [0.29, 0.717) is 23.3 Å². The molecule has 2 bridgehead atoms. The second-order valence-electron chi connectivity index (χ2n) is 8.42. The molecule has 3 heterocycles. The van der Waals surface area contributed by atoms with Crippen LogP contribution in [0.4, 0.5) is 10.1 Å². The van der Waals surface area contributed by atoms with Crippen LogP contribution in [0.1, 0.15) is 48.5 Å². The minimum absolute atomic E-state index is 0.154. The number of aromatic carboxylic acids is 1. The number of hydrogen-bond donors (Lipinski definition) is 1. The van der Waals surface area contributed by atoms with E-state index in [0.717, 1.165) is 38.8 Å². The van der Waals surface area contributed by atoms with Crippen molar-refractivity contribution in [2.75, 3.05) is 25.0 Å². The molecule has 1 saturated carbocycles. The van der Waals surface area contributed by atoms with Gasteiger partial charge in [-0.15, -0.1) is 0 Å². The Hall–Kier alpha value is -2.41. The molecule has 2 saturated heterocycles. The molecule has 2 atom stereocenters. The number of carboxylic acids is 1. The summed E-state index contributed by atoms with van der Waals surface area (Å²) >= 11 is 0. The molecule has 2 aromatic rings. The van der Waals surface area contributed by atoms with Crippen LogP contribution in [0.25, 0.3) is 10.9 Å². The van der Waals surface area contributed by atoms with Gasteiger partial charge in [-0.3, -0.25) is 9.69 Å². The minimum Gasteiger partial charge on any atom is -0.477 e. The summed E-state index contributed by atoms with van der Waals surface area (Å²) in [5.74, 6) is -1.72. The van der Waals surface area contributed by atoms with Crippen LogP contribution in [-0.2, 0) is 0 Å². The fourth-order valence-electron chi connectivity index (χ4n) is 4.94. The number of likely N-dealkylation sites (N-methyl/N-ethyl adjacent to an activating group) is 1. The number of hydrogen-bond acceptors (Lipinski definition) is 4. The van der Waals surface area contributed by atoms with E-state index in [-0.39, 0.29) is 17.0 Å². The first-order valence-electron chi connectivity index (χ1n) is 10.0. The number of halogens is 1. The van der Waals surface area contributed by atoms with Gasteiger partial charge in [0.1, 0.15) is 11.4 Å². The summed E-state index contributed by atoms with van der Waals surface area (Å²) in [6.07, 6.45) is 6.66. The van der Waals surface area contributed by atoms with Gasteiger partial charge in [-0.2, -0.15) is 0 Å².